The summed E-state index contributed by atoms with van der Waals surface area (Å²) in [7, 11) is -3.55. The quantitative estimate of drug-likeness (QED) is 0.760. The minimum absolute atomic E-state index is 0.198. The summed E-state index contributed by atoms with van der Waals surface area (Å²) >= 11 is 0. The van der Waals surface area contributed by atoms with E-state index in [0.29, 0.717) is 29.3 Å². The van der Waals surface area contributed by atoms with Crippen molar-refractivity contribution in [2.75, 3.05) is 26.2 Å². The van der Waals surface area contributed by atoms with Crippen LogP contribution in [0.3, 0.4) is 0 Å². The highest BCUT2D eigenvalue weighted by Gasteiger charge is 2.22. The maximum absolute atomic E-state index is 12.6. The predicted molar refractivity (Wildman–Crippen MR) is 108 cm³/mol. The van der Waals surface area contributed by atoms with Crippen molar-refractivity contribution in [3.63, 3.8) is 0 Å². The van der Waals surface area contributed by atoms with Crippen molar-refractivity contribution in [2.24, 2.45) is 11.8 Å². The summed E-state index contributed by atoms with van der Waals surface area (Å²) in [5.74, 6) is 1.10. The largest absolute Gasteiger partial charge is 0.322 e. The Morgan fingerprint density at radius 2 is 1.93 bits per heavy atom. The summed E-state index contributed by atoms with van der Waals surface area (Å²) in [4.78, 5) is 16.8. The number of aromatic nitrogens is 1. The Morgan fingerprint density at radius 3 is 2.63 bits per heavy atom. The van der Waals surface area contributed by atoms with E-state index >= 15 is 0 Å². The second kappa shape index (κ2) is 8.54. The molecular weight excluding hydrogens is 362 g/mol. The Kier molecular flexibility index (Phi) is 6.34. The van der Waals surface area contributed by atoms with E-state index in [0.717, 1.165) is 32.5 Å². The summed E-state index contributed by atoms with van der Waals surface area (Å²) in [6.07, 6.45) is 3.27. The molecule has 6 nitrogen and oxygen atoms in total. The van der Waals surface area contributed by atoms with Gasteiger partial charge in [0.2, 0.25) is 15.6 Å². The molecule has 148 valence electrons. The van der Waals surface area contributed by atoms with Crippen molar-refractivity contribution in [1.82, 2.24) is 14.6 Å². The lowest BCUT2D eigenvalue weighted by Crippen LogP contribution is -2.39. The fraction of sp³-hybridized carbons (Fsp3) is 0.550. The number of piperidine rings is 1. The topological polar surface area (TPSA) is 82.3 Å². The third kappa shape index (κ3) is 5.40. The first-order chi connectivity index (χ1) is 12.8. The minimum Gasteiger partial charge on any atom is -0.322 e. The molecule has 2 N–H and O–H groups in total. The zero-order valence-corrected chi connectivity index (χ0v) is 16.9. The van der Waals surface area contributed by atoms with E-state index in [2.05, 4.69) is 28.5 Å². The van der Waals surface area contributed by atoms with Gasteiger partial charge in [0.15, 0.2) is 0 Å². The number of hydrogen-bond acceptors (Lipinski definition) is 4. The molecule has 0 unspecified atom stereocenters. The predicted octanol–water partition coefficient (Wildman–Crippen LogP) is 2.56. The molecule has 1 aliphatic rings. The van der Waals surface area contributed by atoms with E-state index in [1.54, 1.807) is 18.2 Å². The maximum atomic E-state index is 12.6. The molecule has 0 amide bonds. The number of benzene rings is 1. The minimum atomic E-state index is -3.55. The molecule has 3 rings (SSSR count). The number of pyridine rings is 1. The van der Waals surface area contributed by atoms with Gasteiger partial charge in [-0.2, -0.15) is 0 Å². The zero-order chi connectivity index (χ0) is 19.4. The van der Waals surface area contributed by atoms with Crippen LogP contribution in [0.25, 0.3) is 10.9 Å². The van der Waals surface area contributed by atoms with E-state index in [9.17, 15) is 13.2 Å². The Labute approximate surface area is 161 Å². The van der Waals surface area contributed by atoms with E-state index < -0.39 is 10.0 Å². The normalized spacial score (nSPS) is 17.0. The standard InChI is InChI=1S/C20H29N3O3S/c1-15(2)7-10-23-11-8-16(9-12-23)14-21-27(25,26)18-4-5-19-17(13-18)3-6-20(24)22-19/h3-6,13,15-16,21H,7-12,14H2,1-2H3,(H,22,24). The summed E-state index contributed by atoms with van der Waals surface area (Å²) in [6, 6.07) is 7.81. The molecule has 0 aliphatic carbocycles. The monoisotopic (exact) mass is 391 g/mol. The van der Waals surface area contributed by atoms with Gasteiger partial charge in [-0.3, -0.25) is 4.79 Å². The van der Waals surface area contributed by atoms with E-state index in [4.69, 9.17) is 0 Å². The van der Waals surface area contributed by atoms with Gasteiger partial charge in [0.05, 0.1) is 4.90 Å². The molecule has 0 spiro atoms. The highest BCUT2D eigenvalue weighted by molar-refractivity contribution is 7.89. The van der Waals surface area contributed by atoms with Crippen LogP contribution in [0.15, 0.2) is 40.0 Å². The summed E-state index contributed by atoms with van der Waals surface area (Å²) < 4.78 is 28.0. The first-order valence-electron chi connectivity index (χ1n) is 9.68. The van der Waals surface area contributed by atoms with Crippen LogP contribution in [0.4, 0.5) is 0 Å². The number of nitrogens with one attached hydrogen (secondary N) is 2. The molecule has 0 atom stereocenters. The second-order valence-corrected chi connectivity index (χ2v) is 9.66. The Bertz CT molecular complexity index is 929. The van der Waals surface area contributed by atoms with Crippen LogP contribution < -0.4 is 10.3 Å². The Balaban J connectivity index is 1.56. The average molecular weight is 392 g/mol. The van der Waals surface area contributed by atoms with Crippen LogP contribution >= 0.6 is 0 Å². The van der Waals surface area contributed by atoms with Crippen molar-refractivity contribution in [2.45, 2.75) is 38.0 Å². The van der Waals surface area contributed by atoms with Gasteiger partial charge >= 0.3 is 0 Å². The molecule has 2 aromatic rings. The first-order valence-corrected chi connectivity index (χ1v) is 11.2. The highest BCUT2D eigenvalue weighted by Crippen LogP contribution is 2.20. The molecule has 1 saturated heterocycles. The first kappa shape index (κ1) is 20.0. The second-order valence-electron chi connectivity index (χ2n) is 7.89. The third-order valence-electron chi connectivity index (χ3n) is 5.30. The Hall–Kier alpha value is -1.70. The van der Waals surface area contributed by atoms with E-state index in [1.165, 1.54) is 18.6 Å². The molecular formula is C20H29N3O3S. The molecule has 1 aliphatic heterocycles. The number of fused-ring (bicyclic) bond motifs is 1. The molecule has 7 heteroatoms. The fourth-order valence-corrected chi connectivity index (χ4v) is 4.62. The molecule has 0 radical (unpaired) electrons. The number of hydrogen-bond donors (Lipinski definition) is 2. The number of nitrogens with zero attached hydrogens (tertiary/aromatic N) is 1. The van der Waals surface area contributed by atoms with Gasteiger partial charge in [-0.15, -0.1) is 0 Å². The van der Waals surface area contributed by atoms with Crippen LogP contribution in [-0.4, -0.2) is 44.5 Å². The molecule has 0 saturated carbocycles. The van der Waals surface area contributed by atoms with Crippen molar-refractivity contribution in [3.8, 4) is 0 Å². The SMILES string of the molecule is CC(C)CCN1CCC(CNS(=O)(=O)c2ccc3[nH]c(=O)ccc3c2)CC1. The summed E-state index contributed by atoms with van der Waals surface area (Å²) in [5.41, 5.74) is 0.436. The van der Waals surface area contributed by atoms with Gasteiger partial charge in [0.1, 0.15) is 0 Å². The summed E-state index contributed by atoms with van der Waals surface area (Å²) in [5, 5.41) is 0.705. The molecule has 1 fully saturated rings. The van der Waals surface area contributed by atoms with Gasteiger partial charge in [0.25, 0.3) is 0 Å². The molecule has 1 aromatic carbocycles. The molecule has 0 bridgehead atoms. The van der Waals surface area contributed by atoms with Gasteiger partial charge in [-0.1, -0.05) is 13.8 Å². The number of rotatable bonds is 7. The number of aromatic amines is 1. The molecule has 27 heavy (non-hydrogen) atoms. The van der Waals surface area contributed by atoms with Gasteiger partial charge < -0.3 is 9.88 Å². The highest BCUT2D eigenvalue weighted by atomic mass is 32.2. The van der Waals surface area contributed by atoms with Gasteiger partial charge in [-0.25, -0.2) is 13.1 Å². The summed E-state index contributed by atoms with van der Waals surface area (Å²) in [6.45, 7) is 8.18. The van der Waals surface area contributed by atoms with Gasteiger partial charge in [0, 0.05) is 18.1 Å². The number of H-pyrrole nitrogens is 1. The lowest BCUT2D eigenvalue weighted by Gasteiger charge is -2.32. The smallest absolute Gasteiger partial charge is 0.248 e. The number of likely N-dealkylation sites (tertiary alicyclic amines) is 1. The third-order valence-corrected chi connectivity index (χ3v) is 6.72. The molecule has 1 aromatic heterocycles. The van der Waals surface area contributed by atoms with Crippen LogP contribution in [-0.2, 0) is 10.0 Å². The maximum Gasteiger partial charge on any atom is 0.248 e. The van der Waals surface area contributed by atoms with Crippen LogP contribution in [0.1, 0.15) is 33.1 Å². The van der Waals surface area contributed by atoms with E-state index in [-0.39, 0.29) is 10.5 Å². The molecule has 2 heterocycles. The van der Waals surface area contributed by atoms with Crippen LogP contribution in [0.2, 0.25) is 0 Å². The average Bonchev–Trinajstić information content (AvgIpc) is 2.65. The van der Waals surface area contributed by atoms with Gasteiger partial charge in [-0.05, 0) is 80.4 Å². The van der Waals surface area contributed by atoms with Crippen molar-refractivity contribution in [1.29, 1.82) is 0 Å². The van der Waals surface area contributed by atoms with Crippen LogP contribution in [0, 0.1) is 11.8 Å². The Morgan fingerprint density at radius 1 is 1.19 bits per heavy atom. The van der Waals surface area contributed by atoms with E-state index in [1.807, 2.05) is 0 Å². The number of sulfonamides is 1. The van der Waals surface area contributed by atoms with Crippen molar-refractivity contribution >= 4 is 20.9 Å². The van der Waals surface area contributed by atoms with Crippen molar-refractivity contribution < 1.29 is 8.42 Å². The fourth-order valence-electron chi connectivity index (χ4n) is 3.47. The van der Waals surface area contributed by atoms with Crippen molar-refractivity contribution in [3.05, 3.63) is 40.7 Å². The van der Waals surface area contributed by atoms with Crippen LogP contribution in [0.5, 0.6) is 0 Å². The lowest BCUT2D eigenvalue weighted by molar-refractivity contribution is 0.178. The zero-order valence-electron chi connectivity index (χ0n) is 16.1. The lowest BCUT2D eigenvalue weighted by atomic mass is 9.96.